The van der Waals surface area contributed by atoms with E-state index in [1.165, 1.54) is 11.1 Å². The van der Waals surface area contributed by atoms with Gasteiger partial charge in [0, 0.05) is 11.6 Å². The number of hydrogen-bond acceptors (Lipinski definition) is 2. The zero-order valence-electron chi connectivity index (χ0n) is 11.7. The Balaban J connectivity index is 1.57. The van der Waals surface area contributed by atoms with Crippen molar-refractivity contribution in [3.63, 3.8) is 0 Å². The molecule has 0 spiro atoms. The third-order valence-electron chi connectivity index (χ3n) is 3.03. The molecule has 0 aromatic heterocycles. The lowest BCUT2D eigenvalue weighted by Crippen LogP contribution is -2.17. The summed E-state index contributed by atoms with van der Waals surface area (Å²) in [5, 5.41) is 4.15. The van der Waals surface area contributed by atoms with Gasteiger partial charge in [-0.15, -0.1) is 0 Å². The summed E-state index contributed by atoms with van der Waals surface area (Å²) >= 11 is 5.82. The second-order valence-corrected chi connectivity index (χ2v) is 5.25. The van der Waals surface area contributed by atoms with E-state index in [0.717, 1.165) is 30.3 Å². The van der Waals surface area contributed by atoms with Gasteiger partial charge in [-0.1, -0.05) is 41.4 Å². The number of halogens is 1. The van der Waals surface area contributed by atoms with Crippen LogP contribution >= 0.6 is 11.6 Å². The second kappa shape index (κ2) is 7.93. The Bertz CT molecular complexity index is 458. The lowest BCUT2D eigenvalue weighted by atomic mass is 10.1. The lowest BCUT2D eigenvalue weighted by molar-refractivity contribution is 0.308. The molecule has 0 amide bonds. The van der Waals surface area contributed by atoms with Crippen LogP contribution in [0.1, 0.15) is 17.5 Å². The maximum absolute atomic E-state index is 5.82. The van der Waals surface area contributed by atoms with E-state index in [2.05, 4.69) is 36.5 Å². The van der Waals surface area contributed by atoms with Crippen LogP contribution in [-0.2, 0) is 6.54 Å². The maximum Gasteiger partial charge on any atom is 0.119 e. The molecule has 0 aliphatic heterocycles. The Kier molecular flexibility index (Phi) is 5.90. The Morgan fingerprint density at radius 3 is 2.40 bits per heavy atom. The molecular formula is C17H20ClNO. The number of nitrogens with one attached hydrogen (secondary N) is 1. The zero-order chi connectivity index (χ0) is 14.2. The van der Waals surface area contributed by atoms with Crippen LogP contribution in [-0.4, -0.2) is 13.2 Å². The fourth-order valence-electron chi connectivity index (χ4n) is 1.86. The van der Waals surface area contributed by atoms with E-state index in [4.69, 9.17) is 16.3 Å². The second-order valence-electron chi connectivity index (χ2n) is 4.82. The molecule has 0 radical (unpaired) electrons. The summed E-state index contributed by atoms with van der Waals surface area (Å²) in [5.74, 6) is 0.868. The van der Waals surface area contributed by atoms with Gasteiger partial charge in [-0.05, 0) is 49.7 Å². The average molecular weight is 290 g/mol. The summed E-state index contributed by atoms with van der Waals surface area (Å²) in [6.07, 6.45) is 0.981. The third-order valence-corrected chi connectivity index (χ3v) is 3.28. The molecule has 0 atom stereocenters. The number of benzene rings is 2. The molecule has 20 heavy (non-hydrogen) atoms. The first-order chi connectivity index (χ1) is 9.74. The van der Waals surface area contributed by atoms with Crippen LogP contribution < -0.4 is 10.1 Å². The van der Waals surface area contributed by atoms with Gasteiger partial charge in [-0.25, -0.2) is 0 Å². The molecule has 0 bridgehead atoms. The molecule has 0 heterocycles. The highest BCUT2D eigenvalue weighted by atomic mass is 35.5. The van der Waals surface area contributed by atoms with Crippen LogP contribution in [0.4, 0.5) is 0 Å². The predicted molar refractivity (Wildman–Crippen MR) is 84.4 cm³/mol. The summed E-state index contributed by atoms with van der Waals surface area (Å²) in [7, 11) is 0. The highest BCUT2D eigenvalue weighted by molar-refractivity contribution is 6.30. The lowest BCUT2D eigenvalue weighted by Gasteiger charge is -2.07. The van der Waals surface area contributed by atoms with Gasteiger partial charge < -0.3 is 10.1 Å². The Morgan fingerprint density at radius 2 is 1.70 bits per heavy atom. The molecule has 0 saturated heterocycles. The molecule has 0 fully saturated rings. The predicted octanol–water partition coefficient (Wildman–Crippen LogP) is 4.21. The summed E-state index contributed by atoms with van der Waals surface area (Å²) in [4.78, 5) is 0. The molecule has 2 nitrogen and oxygen atoms in total. The standard InChI is InChI=1S/C17H20ClNO/c1-14-3-5-15(6-4-14)13-19-11-2-12-20-17-9-7-16(18)8-10-17/h3-10,19H,2,11-13H2,1H3. The first-order valence-electron chi connectivity index (χ1n) is 6.89. The molecule has 0 aliphatic carbocycles. The number of hydrogen-bond donors (Lipinski definition) is 1. The maximum atomic E-state index is 5.82. The molecule has 106 valence electrons. The van der Waals surface area contributed by atoms with Gasteiger partial charge in [0.15, 0.2) is 0 Å². The molecule has 2 aromatic carbocycles. The Labute approximate surface area is 125 Å². The topological polar surface area (TPSA) is 21.3 Å². The molecule has 1 N–H and O–H groups in total. The summed E-state index contributed by atoms with van der Waals surface area (Å²) in [6, 6.07) is 16.1. The molecular weight excluding hydrogens is 270 g/mol. The first-order valence-corrected chi connectivity index (χ1v) is 7.26. The van der Waals surface area contributed by atoms with Crippen molar-refractivity contribution >= 4 is 11.6 Å². The molecule has 0 unspecified atom stereocenters. The van der Waals surface area contributed by atoms with Gasteiger partial charge in [0.25, 0.3) is 0 Å². The van der Waals surface area contributed by atoms with Gasteiger partial charge in [-0.2, -0.15) is 0 Å². The van der Waals surface area contributed by atoms with Gasteiger partial charge >= 0.3 is 0 Å². The fraction of sp³-hybridized carbons (Fsp3) is 0.294. The monoisotopic (exact) mass is 289 g/mol. The van der Waals surface area contributed by atoms with Gasteiger partial charge in [0.1, 0.15) is 5.75 Å². The highest BCUT2D eigenvalue weighted by Crippen LogP contribution is 2.15. The summed E-state index contributed by atoms with van der Waals surface area (Å²) in [6.45, 7) is 4.66. The molecule has 0 aliphatic rings. The minimum atomic E-state index is 0.711. The van der Waals surface area contributed by atoms with Crippen molar-refractivity contribution in [2.24, 2.45) is 0 Å². The van der Waals surface area contributed by atoms with E-state index in [1.54, 1.807) is 0 Å². The zero-order valence-corrected chi connectivity index (χ0v) is 12.5. The van der Waals surface area contributed by atoms with Crippen molar-refractivity contribution in [2.45, 2.75) is 19.9 Å². The number of aryl methyl sites for hydroxylation is 1. The smallest absolute Gasteiger partial charge is 0.119 e. The SMILES string of the molecule is Cc1ccc(CNCCCOc2ccc(Cl)cc2)cc1. The van der Waals surface area contributed by atoms with E-state index in [0.29, 0.717) is 6.61 Å². The van der Waals surface area contributed by atoms with Crippen LogP contribution in [0, 0.1) is 6.92 Å². The molecule has 0 saturated carbocycles. The van der Waals surface area contributed by atoms with Crippen LogP contribution in [0.3, 0.4) is 0 Å². The van der Waals surface area contributed by atoms with Gasteiger partial charge in [0.2, 0.25) is 0 Å². The van der Waals surface area contributed by atoms with Crippen molar-refractivity contribution < 1.29 is 4.74 Å². The average Bonchev–Trinajstić information content (AvgIpc) is 2.46. The Morgan fingerprint density at radius 1 is 1.00 bits per heavy atom. The van der Waals surface area contributed by atoms with E-state index < -0.39 is 0 Å². The largest absolute Gasteiger partial charge is 0.494 e. The van der Waals surface area contributed by atoms with Crippen molar-refractivity contribution in [1.82, 2.24) is 5.32 Å². The van der Waals surface area contributed by atoms with E-state index in [9.17, 15) is 0 Å². The van der Waals surface area contributed by atoms with Crippen LogP contribution in [0.25, 0.3) is 0 Å². The van der Waals surface area contributed by atoms with Crippen molar-refractivity contribution in [3.05, 3.63) is 64.7 Å². The van der Waals surface area contributed by atoms with Crippen molar-refractivity contribution in [3.8, 4) is 5.75 Å². The van der Waals surface area contributed by atoms with E-state index in [1.807, 2.05) is 24.3 Å². The van der Waals surface area contributed by atoms with Gasteiger partial charge in [0.05, 0.1) is 6.61 Å². The minimum Gasteiger partial charge on any atom is -0.494 e. The molecule has 3 heteroatoms. The minimum absolute atomic E-state index is 0.711. The summed E-state index contributed by atoms with van der Waals surface area (Å²) in [5.41, 5.74) is 2.61. The normalized spacial score (nSPS) is 10.5. The molecule has 2 aromatic rings. The first kappa shape index (κ1) is 14.9. The number of ether oxygens (including phenoxy) is 1. The van der Waals surface area contributed by atoms with Crippen LogP contribution in [0.2, 0.25) is 5.02 Å². The van der Waals surface area contributed by atoms with Crippen LogP contribution in [0.5, 0.6) is 5.75 Å². The summed E-state index contributed by atoms with van der Waals surface area (Å²) < 4.78 is 5.63. The number of rotatable bonds is 7. The van der Waals surface area contributed by atoms with E-state index >= 15 is 0 Å². The fourth-order valence-corrected chi connectivity index (χ4v) is 1.98. The van der Waals surface area contributed by atoms with Crippen molar-refractivity contribution in [2.75, 3.05) is 13.2 Å². The van der Waals surface area contributed by atoms with Crippen LogP contribution in [0.15, 0.2) is 48.5 Å². The van der Waals surface area contributed by atoms with Crippen molar-refractivity contribution in [1.29, 1.82) is 0 Å². The third kappa shape index (κ3) is 5.24. The quantitative estimate of drug-likeness (QED) is 0.771. The Hall–Kier alpha value is -1.51. The van der Waals surface area contributed by atoms with Gasteiger partial charge in [-0.3, -0.25) is 0 Å². The van der Waals surface area contributed by atoms with E-state index in [-0.39, 0.29) is 0 Å². The molecule has 2 rings (SSSR count). The highest BCUT2D eigenvalue weighted by Gasteiger charge is 1.95.